The fraction of sp³-hybridized carbons (Fsp3) is 0.462. The molecule has 34 heavy (non-hydrogen) atoms. The van der Waals surface area contributed by atoms with E-state index in [2.05, 4.69) is 0 Å². The Bertz CT molecular complexity index is 972. The summed E-state index contributed by atoms with van der Waals surface area (Å²) in [6.07, 6.45) is 1.95. The second kappa shape index (κ2) is 12.5. The van der Waals surface area contributed by atoms with E-state index in [9.17, 15) is 9.59 Å². The van der Waals surface area contributed by atoms with Gasteiger partial charge in [0.1, 0.15) is 5.75 Å². The molecule has 0 atom stereocenters. The predicted octanol–water partition coefficient (Wildman–Crippen LogP) is 4.45. The molecule has 0 saturated carbocycles. The molecule has 0 bridgehead atoms. The maximum absolute atomic E-state index is 13.1. The maximum Gasteiger partial charge on any atom is 0.254 e. The Morgan fingerprint density at radius 1 is 0.971 bits per heavy atom. The number of benzene rings is 2. The van der Waals surface area contributed by atoms with Crippen LogP contribution in [0, 0.1) is 0 Å². The number of hydrogen-bond donors (Lipinski definition) is 0. The molecule has 8 heteroatoms. The number of rotatable bonds is 10. The van der Waals surface area contributed by atoms with Crippen LogP contribution >= 0.6 is 11.6 Å². The van der Waals surface area contributed by atoms with Gasteiger partial charge in [-0.05, 0) is 49.6 Å². The van der Waals surface area contributed by atoms with Gasteiger partial charge in [-0.15, -0.1) is 0 Å². The number of amides is 2. The summed E-state index contributed by atoms with van der Waals surface area (Å²) in [6.45, 7) is 6.81. The fourth-order valence-electron chi connectivity index (χ4n) is 3.84. The first-order valence-electron chi connectivity index (χ1n) is 11.8. The first-order chi connectivity index (χ1) is 16.5. The molecule has 1 heterocycles. The van der Waals surface area contributed by atoms with Crippen molar-refractivity contribution >= 4 is 23.4 Å². The van der Waals surface area contributed by atoms with Gasteiger partial charge in [-0.1, -0.05) is 30.7 Å². The highest BCUT2D eigenvalue weighted by Gasteiger charge is 2.26. The molecular formula is C26H33ClN2O5. The lowest BCUT2D eigenvalue weighted by Gasteiger charge is -2.35. The lowest BCUT2D eigenvalue weighted by Crippen LogP contribution is -2.50. The highest BCUT2D eigenvalue weighted by molar-refractivity contribution is 6.32. The Kier molecular flexibility index (Phi) is 9.45. The van der Waals surface area contributed by atoms with Gasteiger partial charge in [-0.25, -0.2) is 0 Å². The molecule has 0 radical (unpaired) electrons. The average Bonchev–Trinajstić information content (AvgIpc) is 2.86. The zero-order chi connectivity index (χ0) is 24.5. The van der Waals surface area contributed by atoms with E-state index in [0.717, 1.165) is 17.7 Å². The zero-order valence-electron chi connectivity index (χ0n) is 20.1. The number of hydrogen-bond acceptors (Lipinski definition) is 5. The van der Waals surface area contributed by atoms with Crippen molar-refractivity contribution in [1.29, 1.82) is 0 Å². The lowest BCUT2D eigenvalue weighted by molar-refractivity contribution is -0.132. The quantitative estimate of drug-likeness (QED) is 0.494. The molecule has 1 saturated heterocycles. The van der Waals surface area contributed by atoms with E-state index in [4.69, 9.17) is 25.8 Å². The number of piperazine rings is 1. The number of aryl methyl sites for hydroxylation is 1. The minimum Gasteiger partial charge on any atom is -0.497 e. The van der Waals surface area contributed by atoms with Crippen molar-refractivity contribution in [2.24, 2.45) is 0 Å². The van der Waals surface area contributed by atoms with Gasteiger partial charge >= 0.3 is 0 Å². The van der Waals surface area contributed by atoms with Crippen molar-refractivity contribution in [1.82, 2.24) is 9.80 Å². The molecule has 184 valence electrons. The highest BCUT2D eigenvalue weighted by Crippen LogP contribution is 2.37. The number of carbonyl (C=O) groups is 2. The molecule has 0 aliphatic carbocycles. The molecule has 2 aromatic rings. The van der Waals surface area contributed by atoms with Crippen LogP contribution in [-0.2, 0) is 11.2 Å². The molecule has 1 aliphatic rings. The topological polar surface area (TPSA) is 68.3 Å². The number of carbonyl (C=O) groups excluding carboxylic acids is 2. The Labute approximate surface area is 206 Å². The van der Waals surface area contributed by atoms with Crippen LogP contribution in [0.15, 0.2) is 36.4 Å². The van der Waals surface area contributed by atoms with Crippen molar-refractivity contribution in [2.45, 2.75) is 33.1 Å². The van der Waals surface area contributed by atoms with Crippen molar-refractivity contribution in [3.8, 4) is 17.2 Å². The molecule has 2 aromatic carbocycles. The molecule has 7 nitrogen and oxygen atoms in total. The van der Waals surface area contributed by atoms with E-state index in [1.807, 2.05) is 43.0 Å². The van der Waals surface area contributed by atoms with Gasteiger partial charge in [0, 0.05) is 38.2 Å². The first kappa shape index (κ1) is 25.7. The SMILES string of the molecule is CCCOc1c(Cl)cc(C(=O)N2CCN(C(=O)CCc3ccc(OC)cc3)CC2)cc1OCC. The molecule has 1 fully saturated rings. The van der Waals surface area contributed by atoms with Crippen LogP contribution in [0.4, 0.5) is 0 Å². The first-order valence-corrected chi connectivity index (χ1v) is 12.1. The van der Waals surface area contributed by atoms with Gasteiger partial charge < -0.3 is 24.0 Å². The van der Waals surface area contributed by atoms with Crippen LogP contribution in [0.2, 0.25) is 5.02 Å². The smallest absolute Gasteiger partial charge is 0.254 e. The average molecular weight is 489 g/mol. The minimum atomic E-state index is -0.129. The van der Waals surface area contributed by atoms with Gasteiger partial charge in [-0.2, -0.15) is 0 Å². The Morgan fingerprint density at radius 3 is 2.26 bits per heavy atom. The predicted molar refractivity (Wildman–Crippen MR) is 132 cm³/mol. The molecular weight excluding hydrogens is 456 g/mol. The minimum absolute atomic E-state index is 0.0991. The van der Waals surface area contributed by atoms with E-state index in [1.54, 1.807) is 24.1 Å². The van der Waals surface area contributed by atoms with Crippen molar-refractivity contribution in [3.05, 3.63) is 52.5 Å². The summed E-state index contributed by atoms with van der Waals surface area (Å²) in [5.74, 6) is 1.71. The number of nitrogens with zero attached hydrogens (tertiary/aromatic N) is 2. The fourth-order valence-corrected chi connectivity index (χ4v) is 4.11. The standard InChI is InChI=1S/C26H33ClN2O5/c1-4-16-34-25-22(27)17-20(18-23(25)33-5-2)26(31)29-14-12-28(13-15-29)24(30)11-8-19-6-9-21(32-3)10-7-19/h6-7,9-10,17-18H,4-5,8,11-16H2,1-3H3. The van der Waals surface area contributed by atoms with E-state index in [1.165, 1.54) is 0 Å². The second-order valence-corrected chi connectivity index (χ2v) is 8.50. The van der Waals surface area contributed by atoms with Crippen molar-refractivity contribution < 1.29 is 23.8 Å². The number of ether oxygens (including phenoxy) is 3. The molecule has 0 unspecified atom stereocenters. The summed E-state index contributed by atoms with van der Waals surface area (Å²) in [7, 11) is 1.63. The maximum atomic E-state index is 13.1. The monoisotopic (exact) mass is 488 g/mol. The number of halogens is 1. The third-order valence-corrected chi connectivity index (χ3v) is 5.99. The lowest BCUT2D eigenvalue weighted by atomic mass is 10.1. The Morgan fingerprint density at radius 2 is 1.65 bits per heavy atom. The van der Waals surface area contributed by atoms with Crippen LogP contribution in [0.3, 0.4) is 0 Å². The van der Waals surface area contributed by atoms with E-state index >= 15 is 0 Å². The molecule has 3 rings (SSSR count). The summed E-state index contributed by atoms with van der Waals surface area (Å²) < 4.78 is 16.6. The van der Waals surface area contributed by atoms with E-state index in [-0.39, 0.29) is 11.8 Å². The Balaban J connectivity index is 1.56. The van der Waals surface area contributed by atoms with Crippen molar-refractivity contribution in [2.75, 3.05) is 46.5 Å². The normalized spacial score (nSPS) is 13.5. The van der Waals surface area contributed by atoms with Crippen LogP contribution in [0.5, 0.6) is 17.2 Å². The molecule has 0 N–H and O–H groups in total. The van der Waals surface area contributed by atoms with Crippen LogP contribution in [-0.4, -0.2) is 68.1 Å². The zero-order valence-corrected chi connectivity index (χ0v) is 20.9. The van der Waals surface area contributed by atoms with Gasteiger partial charge in [0.15, 0.2) is 11.5 Å². The van der Waals surface area contributed by atoms with Crippen LogP contribution in [0.25, 0.3) is 0 Å². The third kappa shape index (κ3) is 6.56. The number of methoxy groups -OCH3 is 1. The van der Waals surface area contributed by atoms with Gasteiger partial charge in [0.05, 0.1) is 25.3 Å². The summed E-state index contributed by atoms with van der Waals surface area (Å²) >= 11 is 6.42. The van der Waals surface area contributed by atoms with E-state index < -0.39 is 0 Å². The van der Waals surface area contributed by atoms with Gasteiger partial charge in [0.25, 0.3) is 5.91 Å². The summed E-state index contributed by atoms with van der Waals surface area (Å²) in [4.78, 5) is 29.4. The molecule has 0 aromatic heterocycles. The Hall–Kier alpha value is -2.93. The van der Waals surface area contributed by atoms with E-state index in [0.29, 0.717) is 74.3 Å². The summed E-state index contributed by atoms with van der Waals surface area (Å²) in [5.41, 5.74) is 1.55. The van der Waals surface area contributed by atoms with Gasteiger partial charge in [-0.3, -0.25) is 9.59 Å². The molecule has 2 amide bonds. The third-order valence-electron chi connectivity index (χ3n) is 5.71. The van der Waals surface area contributed by atoms with Crippen LogP contribution < -0.4 is 14.2 Å². The summed E-state index contributed by atoms with van der Waals surface area (Å²) in [5, 5.41) is 0.357. The van der Waals surface area contributed by atoms with Crippen molar-refractivity contribution in [3.63, 3.8) is 0 Å². The summed E-state index contributed by atoms with van der Waals surface area (Å²) in [6, 6.07) is 11.1. The van der Waals surface area contributed by atoms with Crippen LogP contribution in [0.1, 0.15) is 42.6 Å². The second-order valence-electron chi connectivity index (χ2n) is 8.09. The van der Waals surface area contributed by atoms with Gasteiger partial charge in [0.2, 0.25) is 5.91 Å². The molecule has 0 spiro atoms. The highest BCUT2D eigenvalue weighted by atomic mass is 35.5. The largest absolute Gasteiger partial charge is 0.497 e. The molecule has 1 aliphatic heterocycles.